The molecule has 33 heavy (non-hydrogen) atoms. The number of amides is 1. The fraction of sp³-hybridized carbons (Fsp3) is 0.348. The standard InChI is InChI=1S/C23H29N5O4S/c1-5-6-7-15-8-10-17(11-9-15)25-20(29)14-33-23-27-26-22(28(23)24)16-12-18(30-2)21(32-4)19(13-16)31-3/h8-13H,5-7,14,24H2,1-4H3,(H,25,29). The van der Waals surface area contributed by atoms with Gasteiger partial charge in [0.2, 0.25) is 16.8 Å². The average molecular weight is 472 g/mol. The molecule has 0 aliphatic heterocycles. The number of benzene rings is 2. The third kappa shape index (κ3) is 5.89. The Labute approximate surface area is 197 Å². The highest BCUT2D eigenvalue weighted by Crippen LogP contribution is 2.40. The van der Waals surface area contributed by atoms with Crippen molar-refractivity contribution in [2.24, 2.45) is 0 Å². The molecule has 0 radical (unpaired) electrons. The zero-order chi connectivity index (χ0) is 23.8. The van der Waals surface area contributed by atoms with Gasteiger partial charge < -0.3 is 25.4 Å². The maximum absolute atomic E-state index is 12.4. The number of hydrogen-bond donors (Lipinski definition) is 2. The van der Waals surface area contributed by atoms with E-state index in [2.05, 4.69) is 22.4 Å². The van der Waals surface area contributed by atoms with Crippen LogP contribution in [-0.4, -0.2) is 47.9 Å². The summed E-state index contributed by atoms with van der Waals surface area (Å²) in [5, 5.41) is 11.6. The van der Waals surface area contributed by atoms with Crippen LogP contribution in [-0.2, 0) is 11.2 Å². The Kier molecular flexibility index (Phi) is 8.42. The molecule has 176 valence electrons. The molecule has 3 aromatic rings. The lowest BCUT2D eigenvalue weighted by molar-refractivity contribution is -0.113. The van der Waals surface area contributed by atoms with Crippen molar-refractivity contribution in [2.75, 3.05) is 38.2 Å². The highest BCUT2D eigenvalue weighted by molar-refractivity contribution is 7.99. The molecule has 0 aliphatic carbocycles. The van der Waals surface area contributed by atoms with Gasteiger partial charge in [-0.25, -0.2) is 4.68 Å². The summed E-state index contributed by atoms with van der Waals surface area (Å²) in [6.07, 6.45) is 3.35. The van der Waals surface area contributed by atoms with Crippen LogP contribution < -0.4 is 25.4 Å². The predicted molar refractivity (Wildman–Crippen MR) is 130 cm³/mol. The van der Waals surface area contributed by atoms with E-state index >= 15 is 0 Å². The first kappa shape index (κ1) is 24.2. The number of hydrogen-bond acceptors (Lipinski definition) is 8. The number of ether oxygens (including phenoxy) is 3. The van der Waals surface area contributed by atoms with Gasteiger partial charge in [0.1, 0.15) is 0 Å². The molecule has 0 aliphatic rings. The molecule has 1 amide bonds. The number of thioether (sulfide) groups is 1. The summed E-state index contributed by atoms with van der Waals surface area (Å²) in [4.78, 5) is 12.4. The van der Waals surface area contributed by atoms with Crippen molar-refractivity contribution >= 4 is 23.4 Å². The molecular weight excluding hydrogens is 442 g/mol. The van der Waals surface area contributed by atoms with E-state index in [1.54, 1.807) is 12.1 Å². The summed E-state index contributed by atoms with van der Waals surface area (Å²) in [7, 11) is 4.60. The Balaban J connectivity index is 1.66. The number of rotatable bonds is 11. The van der Waals surface area contributed by atoms with E-state index in [4.69, 9.17) is 20.1 Å². The number of nitrogens with one attached hydrogen (secondary N) is 1. The second-order valence-corrected chi connectivity index (χ2v) is 8.17. The van der Waals surface area contributed by atoms with E-state index in [0.29, 0.717) is 33.8 Å². The third-order valence-electron chi connectivity index (χ3n) is 4.98. The van der Waals surface area contributed by atoms with Crippen molar-refractivity contribution in [3.05, 3.63) is 42.0 Å². The van der Waals surface area contributed by atoms with E-state index in [-0.39, 0.29) is 11.7 Å². The van der Waals surface area contributed by atoms with Crippen LogP contribution in [0, 0.1) is 0 Å². The monoisotopic (exact) mass is 471 g/mol. The highest BCUT2D eigenvalue weighted by atomic mass is 32.2. The second kappa shape index (κ2) is 11.5. The van der Waals surface area contributed by atoms with E-state index in [1.807, 2.05) is 24.3 Å². The summed E-state index contributed by atoms with van der Waals surface area (Å²) >= 11 is 1.20. The number of nitrogens with zero attached hydrogens (tertiary/aromatic N) is 3. The van der Waals surface area contributed by atoms with Crippen molar-refractivity contribution in [1.29, 1.82) is 0 Å². The fourth-order valence-corrected chi connectivity index (χ4v) is 3.90. The van der Waals surface area contributed by atoms with E-state index < -0.39 is 0 Å². The van der Waals surface area contributed by atoms with Gasteiger partial charge in [0, 0.05) is 11.3 Å². The molecule has 0 atom stereocenters. The van der Waals surface area contributed by atoms with Gasteiger partial charge in [-0.3, -0.25) is 4.79 Å². The molecule has 0 saturated heterocycles. The minimum absolute atomic E-state index is 0.141. The van der Waals surface area contributed by atoms with Gasteiger partial charge in [-0.05, 0) is 42.7 Å². The summed E-state index contributed by atoms with van der Waals surface area (Å²) in [6, 6.07) is 11.4. The van der Waals surface area contributed by atoms with Gasteiger partial charge in [0.25, 0.3) is 0 Å². The number of anilines is 1. The number of carbonyl (C=O) groups is 1. The lowest BCUT2D eigenvalue weighted by Crippen LogP contribution is -2.16. The van der Waals surface area contributed by atoms with Gasteiger partial charge in [0.05, 0.1) is 27.1 Å². The Bertz CT molecular complexity index is 1060. The molecule has 9 nitrogen and oxygen atoms in total. The van der Waals surface area contributed by atoms with Crippen LogP contribution in [0.1, 0.15) is 25.3 Å². The molecule has 10 heteroatoms. The normalized spacial score (nSPS) is 10.7. The SMILES string of the molecule is CCCCc1ccc(NC(=O)CSc2nnc(-c3cc(OC)c(OC)c(OC)c3)n2N)cc1. The maximum atomic E-state index is 12.4. The molecular formula is C23H29N5O4S. The van der Waals surface area contributed by atoms with Crippen molar-refractivity contribution in [3.8, 4) is 28.6 Å². The number of unbranched alkanes of at least 4 members (excludes halogenated alkanes) is 1. The topological polar surface area (TPSA) is 114 Å². The molecule has 0 unspecified atom stereocenters. The molecule has 0 fully saturated rings. The van der Waals surface area contributed by atoms with Crippen LogP contribution in [0.4, 0.5) is 5.69 Å². The molecule has 1 heterocycles. The quantitative estimate of drug-likeness (QED) is 0.321. The van der Waals surface area contributed by atoms with Crippen molar-refractivity contribution < 1.29 is 19.0 Å². The number of aryl methyl sites for hydroxylation is 1. The Morgan fingerprint density at radius 2 is 1.73 bits per heavy atom. The minimum atomic E-state index is -0.154. The summed E-state index contributed by atoms with van der Waals surface area (Å²) in [5.74, 6) is 8.02. The lowest BCUT2D eigenvalue weighted by atomic mass is 10.1. The van der Waals surface area contributed by atoms with Crippen LogP contribution in [0.3, 0.4) is 0 Å². The predicted octanol–water partition coefficient (Wildman–Crippen LogP) is 3.76. The lowest BCUT2D eigenvalue weighted by Gasteiger charge is -2.13. The van der Waals surface area contributed by atoms with Crippen molar-refractivity contribution in [2.45, 2.75) is 31.3 Å². The van der Waals surface area contributed by atoms with Gasteiger partial charge >= 0.3 is 0 Å². The number of carbonyl (C=O) groups excluding carboxylic acids is 1. The summed E-state index contributed by atoms with van der Waals surface area (Å²) in [5.41, 5.74) is 2.66. The van der Waals surface area contributed by atoms with Gasteiger partial charge in [0.15, 0.2) is 17.3 Å². The minimum Gasteiger partial charge on any atom is -0.493 e. The Hall–Kier alpha value is -3.40. The molecule has 3 N–H and O–H groups in total. The Morgan fingerprint density at radius 1 is 1.06 bits per heavy atom. The Morgan fingerprint density at radius 3 is 2.30 bits per heavy atom. The first-order chi connectivity index (χ1) is 16.0. The smallest absolute Gasteiger partial charge is 0.234 e. The van der Waals surface area contributed by atoms with Crippen molar-refractivity contribution in [3.63, 3.8) is 0 Å². The van der Waals surface area contributed by atoms with Crippen LogP contribution >= 0.6 is 11.8 Å². The summed E-state index contributed by atoms with van der Waals surface area (Å²) in [6.45, 7) is 2.17. The van der Waals surface area contributed by atoms with Crippen LogP contribution in [0.5, 0.6) is 17.2 Å². The second-order valence-electron chi connectivity index (χ2n) is 7.23. The molecule has 2 aromatic carbocycles. The average Bonchev–Trinajstić information content (AvgIpc) is 3.21. The molecule has 3 rings (SSSR count). The first-order valence-corrected chi connectivity index (χ1v) is 11.5. The zero-order valence-electron chi connectivity index (χ0n) is 19.3. The van der Waals surface area contributed by atoms with E-state index in [0.717, 1.165) is 24.9 Å². The number of methoxy groups -OCH3 is 3. The number of nitrogen functional groups attached to an aromatic ring is 1. The molecule has 0 saturated carbocycles. The van der Waals surface area contributed by atoms with Crippen molar-refractivity contribution in [1.82, 2.24) is 14.9 Å². The number of nitrogens with two attached hydrogens (primary N) is 1. The van der Waals surface area contributed by atoms with Gasteiger partial charge in [-0.1, -0.05) is 37.2 Å². The molecule has 1 aromatic heterocycles. The van der Waals surface area contributed by atoms with Crippen LogP contribution in [0.25, 0.3) is 11.4 Å². The van der Waals surface area contributed by atoms with E-state index in [1.165, 1.54) is 43.3 Å². The van der Waals surface area contributed by atoms with E-state index in [9.17, 15) is 4.79 Å². The van der Waals surface area contributed by atoms with Gasteiger partial charge in [-0.2, -0.15) is 0 Å². The summed E-state index contributed by atoms with van der Waals surface area (Å²) < 4.78 is 17.5. The zero-order valence-corrected chi connectivity index (χ0v) is 20.1. The first-order valence-electron chi connectivity index (χ1n) is 10.5. The highest BCUT2D eigenvalue weighted by Gasteiger charge is 2.19. The van der Waals surface area contributed by atoms with Crippen LogP contribution in [0.2, 0.25) is 0 Å². The number of aromatic nitrogens is 3. The van der Waals surface area contributed by atoms with Crippen LogP contribution in [0.15, 0.2) is 41.6 Å². The van der Waals surface area contributed by atoms with Gasteiger partial charge in [-0.15, -0.1) is 10.2 Å². The third-order valence-corrected chi connectivity index (χ3v) is 5.92. The maximum Gasteiger partial charge on any atom is 0.234 e. The fourth-order valence-electron chi connectivity index (χ4n) is 3.25. The molecule has 0 bridgehead atoms. The molecule has 0 spiro atoms. The largest absolute Gasteiger partial charge is 0.493 e.